The summed E-state index contributed by atoms with van der Waals surface area (Å²) in [7, 11) is 0. The molecule has 12 aromatic rings. The van der Waals surface area contributed by atoms with Gasteiger partial charge in [0, 0.05) is 32.8 Å². The summed E-state index contributed by atoms with van der Waals surface area (Å²) in [4.78, 5) is 13.9. The fraction of sp³-hybridized carbons (Fsp3) is 0.200. The molecule has 0 unspecified atom stereocenters. The van der Waals surface area contributed by atoms with E-state index >= 15 is 0 Å². The van der Waals surface area contributed by atoms with E-state index in [-0.39, 0.29) is 28.4 Å². The molecule has 0 atom stereocenters. The van der Waals surface area contributed by atoms with Gasteiger partial charge in [-0.05, 0) is 117 Å². The highest BCUT2D eigenvalue weighted by molar-refractivity contribution is 6.21. The first-order valence-corrected chi connectivity index (χ1v) is 27.4. The van der Waals surface area contributed by atoms with E-state index < -0.39 is 0 Å². The van der Waals surface area contributed by atoms with Gasteiger partial charge >= 0.3 is 0 Å². The van der Waals surface area contributed by atoms with Crippen molar-refractivity contribution in [2.24, 2.45) is 0 Å². The predicted octanol–water partition coefficient (Wildman–Crippen LogP) is 19.4. The first kappa shape index (κ1) is 47.6. The minimum atomic E-state index is -0.359. The smallest absolute Gasteiger partial charge is 0.164 e. The lowest BCUT2D eigenvalue weighted by Gasteiger charge is -2.38. The third kappa shape index (κ3) is 7.04. The van der Waals surface area contributed by atoms with Crippen LogP contribution in [0.25, 0.3) is 88.7 Å². The van der Waals surface area contributed by atoms with Crippen molar-refractivity contribution in [2.45, 2.75) is 91.9 Å². The molecule has 0 saturated carbocycles. The van der Waals surface area contributed by atoms with Gasteiger partial charge in [-0.2, -0.15) is 0 Å². The standard InChI is InChI=1S/C70H61N5O3/c1-39(2)47-34-42(41-22-12-11-13-23-41)35-48(40(3)4)63(47)75-56-31-21-26-45(62(56)72-68(75)50-36-43(69(5,6)7)37-51(65(50)76)70(8,9)10)44-25-20-30-55-61(44)71-67-49-38-59-64-66(60(49)46-24-14-15-27-52(46)74(55)67)78-58-33-19-17-29-54(58)73(64)53-28-16-18-32-57(53)77-59/h11-40,76H,1-10H3. The fourth-order valence-electron chi connectivity index (χ4n) is 12.3. The van der Waals surface area contributed by atoms with E-state index in [2.05, 4.69) is 229 Å². The van der Waals surface area contributed by atoms with Crippen molar-refractivity contribution in [3.05, 3.63) is 192 Å². The molecule has 0 spiro atoms. The Labute approximate surface area is 454 Å². The van der Waals surface area contributed by atoms with Gasteiger partial charge in [0.05, 0.1) is 50.2 Å². The second-order valence-corrected chi connectivity index (χ2v) is 24.0. The van der Waals surface area contributed by atoms with Gasteiger partial charge in [0.1, 0.15) is 22.9 Å². The highest BCUT2D eigenvalue weighted by Crippen LogP contribution is 2.62. The molecule has 1 N–H and O–H groups in total. The molecule has 0 radical (unpaired) electrons. The van der Waals surface area contributed by atoms with Crippen molar-refractivity contribution < 1.29 is 14.6 Å². The molecule has 9 aromatic carbocycles. The first-order chi connectivity index (χ1) is 37.5. The predicted molar refractivity (Wildman–Crippen MR) is 321 cm³/mol. The Morgan fingerprint density at radius 3 is 1.73 bits per heavy atom. The SMILES string of the molecule is CC(C)c1cc(-c2ccccc2)cc(C(C)C)c1-n1c(-c2cc(C(C)(C)C)cc(C(C)(C)C)c2O)nc2c(-c3cccc4c3nc3c5cc6c7c(c5c5ccccc5n43)Oc3ccccc3N7c3ccccc3O6)cccc21. The molecular weight excluding hydrogens is 959 g/mol. The van der Waals surface area contributed by atoms with Gasteiger partial charge in [0.15, 0.2) is 23.0 Å². The number of pyridine rings is 1. The zero-order valence-electron chi connectivity index (χ0n) is 45.8. The van der Waals surface area contributed by atoms with E-state index in [9.17, 15) is 5.11 Å². The lowest BCUT2D eigenvalue weighted by Crippen LogP contribution is -2.20. The molecule has 5 heterocycles. The van der Waals surface area contributed by atoms with Gasteiger partial charge in [-0.25, -0.2) is 9.97 Å². The van der Waals surface area contributed by atoms with Crippen molar-refractivity contribution >= 4 is 66.5 Å². The van der Waals surface area contributed by atoms with E-state index in [1.54, 1.807) is 0 Å². The number of rotatable bonds is 6. The number of imidazole rings is 2. The molecular formula is C70H61N5O3. The van der Waals surface area contributed by atoms with Crippen LogP contribution in [0.1, 0.15) is 103 Å². The van der Waals surface area contributed by atoms with Crippen molar-refractivity contribution in [2.75, 3.05) is 4.90 Å². The molecule has 78 heavy (non-hydrogen) atoms. The molecule has 2 aliphatic heterocycles. The summed E-state index contributed by atoms with van der Waals surface area (Å²) in [5, 5.41) is 15.8. The number of para-hydroxylation sites is 7. The van der Waals surface area contributed by atoms with Crippen LogP contribution in [0.15, 0.2) is 170 Å². The van der Waals surface area contributed by atoms with Crippen LogP contribution in [0.3, 0.4) is 0 Å². The van der Waals surface area contributed by atoms with Crippen LogP contribution in [0, 0.1) is 0 Å². The quantitative estimate of drug-likeness (QED) is 0.167. The van der Waals surface area contributed by atoms with Crippen LogP contribution in [-0.4, -0.2) is 24.0 Å². The normalized spacial score (nSPS) is 13.2. The summed E-state index contributed by atoms with van der Waals surface area (Å²) < 4.78 is 18.6. The molecule has 0 aliphatic carbocycles. The maximum atomic E-state index is 12.8. The third-order valence-corrected chi connectivity index (χ3v) is 16.2. The van der Waals surface area contributed by atoms with Gasteiger partial charge < -0.3 is 14.6 Å². The number of anilines is 3. The van der Waals surface area contributed by atoms with Gasteiger partial charge in [-0.1, -0.05) is 172 Å². The molecule has 8 heteroatoms. The van der Waals surface area contributed by atoms with E-state index in [0.29, 0.717) is 17.1 Å². The summed E-state index contributed by atoms with van der Waals surface area (Å²) in [5.74, 6) is 4.21. The topological polar surface area (TPSA) is 77.0 Å². The van der Waals surface area contributed by atoms with Crippen LogP contribution < -0.4 is 14.4 Å². The Balaban J connectivity index is 1.08. The third-order valence-electron chi connectivity index (χ3n) is 16.2. The zero-order valence-corrected chi connectivity index (χ0v) is 45.8. The number of benzene rings is 9. The van der Waals surface area contributed by atoms with Crippen LogP contribution in [0.4, 0.5) is 17.1 Å². The Morgan fingerprint density at radius 1 is 0.487 bits per heavy atom. The average molecular weight is 1020 g/mol. The Bertz CT molecular complexity index is 4450. The molecule has 14 rings (SSSR count). The van der Waals surface area contributed by atoms with Crippen molar-refractivity contribution in [3.63, 3.8) is 0 Å². The van der Waals surface area contributed by atoms with Crippen LogP contribution >= 0.6 is 0 Å². The summed E-state index contributed by atoms with van der Waals surface area (Å²) in [5.41, 5.74) is 18.1. The van der Waals surface area contributed by atoms with E-state index in [4.69, 9.17) is 19.4 Å². The van der Waals surface area contributed by atoms with E-state index in [1.165, 1.54) is 22.3 Å². The number of fused-ring (bicyclic) bond motifs is 14. The fourth-order valence-corrected chi connectivity index (χ4v) is 12.3. The number of hydrogen-bond donors (Lipinski definition) is 1. The second kappa shape index (κ2) is 17.1. The Kier molecular flexibility index (Phi) is 10.4. The second-order valence-electron chi connectivity index (χ2n) is 24.0. The average Bonchev–Trinajstić information content (AvgIpc) is 4.06. The Morgan fingerprint density at radius 2 is 1.08 bits per heavy atom. The maximum Gasteiger partial charge on any atom is 0.164 e. The van der Waals surface area contributed by atoms with Crippen LogP contribution in [0.2, 0.25) is 0 Å². The molecule has 0 saturated heterocycles. The molecule has 8 nitrogen and oxygen atoms in total. The van der Waals surface area contributed by atoms with Gasteiger partial charge in [-0.15, -0.1) is 0 Å². The monoisotopic (exact) mass is 1020 g/mol. The van der Waals surface area contributed by atoms with E-state index in [0.717, 1.165) is 112 Å². The lowest BCUT2D eigenvalue weighted by atomic mass is 9.78. The number of hydrogen-bond acceptors (Lipinski definition) is 6. The summed E-state index contributed by atoms with van der Waals surface area (Å²) >= 11 is 0. The van der Waals surface area contributed by atoms with Gasteiger partial charge in [0.25, 0.3) is 0 Å². The molecule has 0 bridgehead atoms. The summed E-state index contributed by atoms with van der Waals surface area (Å²) in [6.07, 6.45) is 0. The summed E-state index contributed by atoms with van der Waals surface area (Å²) in [6.45, 7) is 22.4. The molecule has 0 amide bonds. The number of aromatic nitrogens is 4. The van der Waals surface area contributed by atoms with Crippen LogP contribution in [0.5, 0.6) is 28.7 Å². The number of phenolic OH excluding ortho intramolecular Hbond substituents is 1. The lowest BCUT2D eigenvalue weighted by molar-refractivity contribution is 0.446. The molecule has 0 fully saturated rings. The zero-order chi connectivity index (χ0) is 53.7. The van der Waals surface area contributed by atoms with E-state index in [1.807, 2.05) is 24.3 Å². The van der Waals surface area contributed by atoms with Crippen molar-refractivity contribution in [1.29, 1.82) is 0 Å². The minimum Gasteiger partial charge on any atom is -0.507 e. The van der Waals surface area contributed by atoms with Crippen molar-refractivity contribution in [3.8, 4) is 68.1 Å². The molecule has 3 aromatic heterocycles. The van der Waals surface area contributed by atoms with Crippen molar-refractivity contribution in [1.82, 2.24) is 18.9 Å². The molecule has 384 valence electrons. The van der Waals surface area contributed by atoms with Gasteiger partial charge in [-0.3, -0.25) is 13.9 Å². The number of phenols is 1. The Hall–Kier alpha value is -8.88. The molecule has 2 aliphatic rings. The number of ether oxygens (including phenoxy) is 2. The largest absolute Gasteiger partial charge is 0.507 e. The summed E-state index contributed by atoms with van der Waals surface area (Å²) in [6, 6.07) is 60.0. The number of nitrogens with zero attached hydrogens (tertiary/aromatic N) is 5. The highest BCUT2D eigenvalue weighted by atomic mass is 16.5. The van der Waals surface area contributed by atoms with Gasteiger partial charge in [0.2, 0.25) is 0 Å². The minimum absolute atomic E-state index is 0.147. The number of aromatic hydroxyl groups is 1. The maximum absolute atomic E-state index is 12.8. The van der Waals surface area contributed by atoms with Crippen LogP contribution in [-0.2, 0) is 10.8 Å². The highest BCUT2D eigenvalue weighted by Gasteiger charge is 2.38. The first-order valence-electron chi connectivity index (χ1n) is 27.4.